The van der Waals surface area contributed by atoms with Crippen molar-refractivity contribution in [3.63, 3.8) is 0 Å². The highest BCUT2D eigenvalue weighted by Crippen LogP contribution is 2.60. The van der Waals surface area contributed by atoms with E-state index < -0.39 is 29.6 Å². The Morgan fingerprint density at radius 1 is 1.22 bits per heavy atom. The number of hydrogen-bond donors (Lipinski definition) is 1. The summed E-state index contributed by atoms with van der Waals surface area (Å²) in [7, 11) is 0. The summed E-state index contributed by atoms with van der Waals surface area (Å²) >= 11 is 10.4. The average Bonchev–Trinajstić information content (AvgIpc) is 3.53. The number of aliphatic hydroxyl groups excluding tert-OH is 1. The van der Waals surface area contributed by atoms with Gasteiger partial charge < -0.3 is 24.5 Å². The Hall–Kier alpha value is -2.20. The van der Waals surface area contributed by atoms with Crippen molar-refractivity contribution < 1.29 is 24.2 Å². The molecule has 0 aliphatic carbocycles. The zero-order valence-corrected chi connectivity index (χ0v) is 26.3. The highest BCUT2D eigenvalue weighted by Gasteiger charge is 2.76. The Kier molecular flexibility index (Phi) is 10.4. The molecule has 4 rings (SSSR count). The minimum atomic E-state index is -1.16. The molecule has 41 heavy (non-hydrogen) atoms. The highest BCUT2D eigenvalue weighted by molar-refractivity contribution is 9.09. The molecular formula is C31H41BrClN3O5. The monoisotopic (exact) mass is 649 g/mol. The van der Waals surface area contributed by atoms with Crippen LogP contribution in [0, 0.1) is 18.8 Å². The van der Waals surface area contributed by atoms with E-state index in [1.165, 1.54) is 0 Å². The lowest BCUT2D eigenvalue weighted by molar-refractivity contribution is -0.145. The van der Waals surface area contributed by atoms with Gasteiger partial charge in [-0.15, -0.1) is 13.2 Å². The van der Waals surface area contributed by atoms with Crippen LogP contribution in [0.1, 0.15) is 44.6 Å². The number of hydrogen-bond acceptors (Lipinski definition) is 5. The van der Waals surface area contributed by atoms with Gasteiger partial charge in [0.25, 0.3) is 5.91 Å². The first-order chi connectivity index (χ1) is 19.7. The molecule has 224 valence electrons. The SMILES string of the molecule is C=CCN(CCC)C(=O)[C@H]1[C@H]2C(=O)N(CCCCCO)C(C(=O)N(CC=C)c3c(C)cccc3Cl)C23CC(Br)[C@@H]1O3. The maximum Gasteiger partial charge on any atom is 0.253 e. The number of rotatable bonds is 14. The molecule has 3 amide bonds. The molecule has 3 fully saturated rings. The van der Waals surface area contributed by atoms with Gasteiger partial charge in [0.1, 0.15) is 11.6 Å². The molecular weight excluding hydrogens is 610 g/mol. The number of nitrogens with zero attached hydrogens (tertiary/aromatic N) is 3. The molecule has 1 aromatic carbocycles. The van der Waals surface area contributed by atoms with Gasteiger partial charge in [-0.1, -0.05) is 58.7 Å². The standard InChI is InChI=1S/C31H41BrClN3O5/c1-5-14-34(15-6-2)28(38)23-24-29(39)36(17-9-8-10-18-37)27(31(24)19-21(32)26(23)41-31)30(40)35(16-7-3)25-20(4)12-11-13-22(25)33/h5,7,11-13,21,23-24,26-27,37H,1,3,6,8-10,14-19H2,2,4H3/t21?,23-,24-,26-,27?,31?/m0/s1. The third-order valence-electron chi connectivity index (χ3n) is 8.56. The third kappa shape index (κ3) is 5.63. The van der Waals surface area contributed by atoms with Gasteiger partial charge >= 0.3 is 0 Å². The Labute approximate surface area is 256 Å². The fraction of sp³-hybridized carbons (Fsp3) is 0.581. The molecule has 0 aromatic heterocycles. The number of amides is 3. The number of benzene rings is 1. The van der Waals surface area contributed by atoms with E-state index in [0.717, 1.165) is 12.0 Å². The number of anilines is 1. The van der Waals surface area contributed by atoms with Gasteiger partial charge in [0.05, 0.1) is 28.6 Å². The predicted octanol–water partition coefficient (Wildman–Crippen LogP) is 4.50. The van der Waals surface area contributed by atoms with E-state index >= 15 is 0 Å². The topological polar surface area (TPSA) is 90.4 Å². The van der Waals surface area contributed by atoms with Crippen molar-refractivity contribution in [2.45, 2.75) is 68.5 Å². The van der Waals surface area contributed by atoms with Crippen LogP contribution in [0.2, 0.25) is 5.02 Å². The molecule has 1 N–H and O–H groups in total. The van der Waals surface area contributed by atoms with Gasteiger partial charge in [0.2, 0.25) is 11.8 Å². The van der Waals surface area contributed by atoms with Crippen LogP contribution < -0.4 is 4.90 Å². The van der Waals surface area contributed by atoms with Gasteiger partial charge in [-0.25, -0.2) is 0 Å². The van der Waals surface area contributed by atoms with E-state index in [0.29, 0.717) is 56.0 Å². The summed E-state index contributed by atoms with van der Waals surface area (Å²) in [5.41, 5.74) is 0.232. The van der Waals surface area contributed by atoms with Crippen molar-refractivity contribution in [2.75, 3.05) is 37.7 Å². The molecule has 3 heterocycles. The van der Waals surface area contributed by atoms with E-state index in [-0.39, 0.29) is 35.7 Å². The smallest absolute Gasteiger partial charge is 0.253 e. The number of unbranched alkanes of at least 4 members (excludes halogenated alkanes) is 2. The third-order valence-corrected chi connectivity index (χ3v) is 9.71. The Morgan fingerprint density at radius 3 is 2.59 bits per heavy atom. The summed E-state index contributed by atoms with van der Waals surface area (Å²) < 4.78 is 6.69. The molecule has 3 unspecified atom stereocenters. The molecule has 2 bridgehead atoms. The maximum atomic E-state index is 14.7. The number of likely N-dealkylation sites (tertiary alicyclic amines) is 1. The van der Waals surface area contributed by atoms with Crippen molar-refractivity contribution in [1.29, 1.82) is 0 Å². The molecule has 3 aliphatic rings. The van der Waals surface area contributed by atoms with Crippen molar-refractivity contribution in [2.24, 2.45) is 11.8 Å². The van der Waals surface area contributed by atoms with Gasteiger partial charge in [-0.05, 0) is 50.7 Å². The number of para-hydroxylation sites is 1. The lowest BCUT2D eigenvalue weighted by Gasteiger charge is -2.38. The first-order valence-electron chi connectivity index (χ1n) is 14.5. The zero-order valence-electron chi connectivity index (χ0n) is 23.9. The molecule has 3 aliphatic heterocycles. The molecule has 1 spiro atoms. The van der Waals surface area contributed by atoms with Crippen LogP contribution in [0.15, 0.2) is 43.5 Å². The number of fused-ring (bicyclic) bond motifs is 1. The quantitative estimate of drug-likeness (QED) is 0.182. The molecule has 0 radical (unpaired) electrons. The van der Waals surface area contributed by atoms with E-state index in [1.54, 1.807) is 32.9 Å². The fourth-order valence-corrected chi connectivity index (χ4v) is 8.23. The second-order valence-corrected chi connectivity index (χ2v) is 12.8. The predicted molar refractivity (Wildman–Crippen MR) is 164 cm³/mol. The summed E-state index contributed by atoms with van der Waals surface area (Å²) in [4.78, 5) is 47.8. The number of carbonyl (C=O) groups excluding carboxylic acids is 3. The lowest BCUT2D eigenvalue weighted by Crippen LogP contribution is -2.57. The van der Waals surface area contributed by atoms with Crippen LogP contribution in [0.4, 0.5) is 5.69 Å². The van der Waals surface area contributed by atoms with E-state index in [4.69, 9.17) is 16.3 Å². The lowest BCUT2D eigenvalue weighted by atomic mass is 9.70. The summed E-state index contributed by atoms with van der Waals surface area (Å²) in [5.74, 6) is -2.15. The number of ether oxygens (including phenoxy) is 1. The second kappa shape index (κ2) is 13.4. The van der Waals surface area contributed by atoms with E-state index in [9.17, 15) is 19.5 Å². The van der Waals surface area contributed by atoms with Crippen LogP contribution in [0.25, 0.3) is 0 Å². The summed E-state index contributed by atoms with van der Waals surface area (Å²) in [5, 5.41) is 9.73. The van der Waals surface area contributed by atoms with Crippen LogP contribution in [0.5, 0.6) is 0 Å². The average molecular weight is 651 g/mol. The molecule has 6 atom stereocenters. The summed E-state index contributed by atoms with van der Waals surface area (Å²) in [6, 6.07) is 4.52. The molecule has 3 saturated heterocycles. The number of halogens is 2. The van der Waals surface area contributed by atoms with Crippen molar-refractivity contribution >= 4 is 50.9 Å². The number of aryl methyl sites for hydroxylation is 1. The van der Waals surface area contributed by atoms with Crippen LogP contribution in [0.3, 0.4) is 0 Å². The Bertz CT molecular complexity index is 1160. The molecule has 0 saturated carbocycles. The van der Waals surface area contributed by atoms with Gasteiger partial charge in [-0.2, -0.15) is 0 Å². The number of alkyl halides is 1. The van der Waals surface area contributed by atoms with Gasteiger partial charge in [-0.3, -0.25) is 14.4 Å². The fourth-order valence-electron chi connectivity index (χ4n) is 6.96. The summed E-state index contributed by atoms with van der Waals surface area (Å²) in [6.07, 6.45) is 5.93. The van der Waals surface area contributed by atoms with Crippen LogP contribution in [-0.2, 0) is 19.1 Å². The minimum absolute atomic E-state index is 0.0605. The van der Waals surface area contributed by atoms with Crippen molar-refractivity contribution in [1.82, 2.24) is 9.80 Å². The summed E-state index contributed by atoms with van der Waals surface area (Å²) in [6.45, 7) is 13.1. The minimum Gasteiger partial charge on any atom is -0.396 e. The van der Waals surface area contributed by atoms with E-state index in [2.05, 4.69) is 29.1 Å². The maximum absolute atomic E-state index is 14.7. The first kappa shape index (κ1) is 31.7. The largest absolute Gasteiger partial charge is 0.396 e. The first-order valence-corrected chi connectivity index (χ1v) is 15.8. The Balaban J connectivity index is 1.80. The molecule has 10 heteroatoms. The van der Waals surface area contributed by atoms with Crippen molar-refractivity contribution in [3.8, 4) is 0 Å². The van der Waals surface area contributed by atoms with E-state index in [1.807, 2.05) is 26.0 Å². The molecule has 1 aromatic rings. The number of aliphatic hydroxyl groups is 1. The highest BCUT2D eigenvalue weighted by atomic mass is 79.9. The second-order valence-electron chi connectivity index (χ2n) is 11.2. The van der Waals surface area contributed by atoms with Gasteiger partial charge in [0, 0.05) is 37.6 Å². The molecule has 8 nitrogen and oxygen atoms in total. The van der Waals surface area contributed by atoms with Crippen LogP contribution >= 0.6 is 27.5 Å². The van der Waals surface area contributed by atoms with Crippen molar-refractivity contribution in [3.05, 3.63) is 54.1 Å². The zero-order chi connectivity index (χ0) is 29.9. The van der Waals surface area contributed by atoms with Gasteiger partial charge in [0.15, 0.2) is 0 Å². The Morgan fingerprint density at radius 2 is 1.95 bits per heavy atom. The number of carbonyl (C=O) groups is 3. The normalized spacial score (nSPS) is 28.1. The van der Waals surface area contributed by atoms with Crippen LogP contribution in [-0.4, -0.2) is 88.0 Å².